The fourth-order valence-electron chi connectivity index (χ4n) is 0.561. The first-order valence-corrected chi connectivity index (χ1v) is 4.63. The van der Waals surface area contributed by atoms with Crippen LogP contribution in [-0.4, -0.2) is 32.1 Å². The molecule has 0 rings (SSSR count). The maximum absolute atomic E-state index is 11.5. The van der Waals surface area contributed by atoms with Crippen molar-refractivity contribution in [2.75, 3.05) is 11.5 Å². The molecule has 0 fully saturated rings. The van der Waals surface area contributed by atoms with Crippen LogP contribution in [0.4, 0.5) is 8.78 Å². The Morgan fingerprint density at radius 3 is 2.18 bits per heavy atom. The summed E-state index contributed by atoms with van der Waals surface area (Å²) in [7, 11) is -3.88. The van der Waals surface area contributed by atoms with E-state index in [1.165, 1.54) is 0 Å². The van der Waals surface area contributed by atoms with Crippen LogP contribution in [0.2, 0.25) is 0 Å². The zero-order valence-corrected chi connectivity index (χ0v) is 6.70. The van der Waals surface area contributed by atoms with Crippen LogP contribution in [0.3, 0.4) is 0 Å². The Morgan fingerprint density at radius 1 is 1.45 bits per heavy atom. The van der Waals surface area contributed by atoms with Gasteiger partial charge in [-0.15, -0.1) is 0 Å². The van der Waals surface area contributed by atoms with Gasteiger partial charge in [-0.3, -0.25) is 4.79 Å². The Kier molecular flexibility index (Phi) is 3.57. The van der Waals surface area contributed by atoms with E-state index in [1.807, 2.05) is 0 Å². The van der Waals surface area contributed by atoms with Gasteiger partial charge in [0.05, 0.1) is 0 Å². The summed E-state index contributed by atoms with van der Waals surface area (Å²) in [5, 5.41) is 0. The number of carbonyl (C=O) groups is 1. The number of sulfone groups is 1. The van der Waals surface area contributed by atoms with Gasteiger partial charge in [0.1, 0.15) is 17.3 Å². The van der Waals surface area contributed by atoms with Crippen molar-refractivity contribution in [1.29, 1.82) is 0 Å². The lowest BCUT2D eigenvalue weighted by Gasteiger charge is -1.98. The second-order valence-corrected chi connectivity index (χ2v) is 4.26. The van der Waals surface area contributed by atoms with Crippen molar-refractivity contribution >= 4 is 15.6 Å². The molecule has 0 saturated carbocycles. The van der Waals surface area contributed by atoms with Crippen molar-refractivity contribution in [2.24, 2.45) is 0 Å². The van der Waals surface area contributed by atoms with E-state index in [0.717, 1.165) is 6.92 Å². The molecular weight excluding hydrogens is 178 g/mol. The van der Waals surface area contributed by atoms with Crippen LogP contribution in [0.15, 0.2) is 0 Å². The van der Waals surface area contributed by atoms with Gasteiger partial charge >= 0.3 is 0 Å². The minimum absolute atomic E-state index is 0.620. The highest BCUT2D eigenvalue weighted by Crippen LogP contribution is 1.99. The van der Waals surface area contributed by atoms with Crippen molar-refractivity contribution in [3.8, 4) is 0 Å². The summed E-state index contributed by atoms with van der Waals surface area (Å²) >= 11 is 0. The molecule has 0 aromatic heterocycles. The monoisotopic (exact) mass is 186 g/mol. The molecule has 66 valence electrons. The van der Waals surface area contributed by atoms with Gasteiger partial charge in [-0.05, 0) is 6.92 Å². The second kappa shape index (κ2) is 3.75. The molecule has 6 heteroatoms. The number of hydrogen-bond donors (Lipinski definition) is 0. The summed E-state index contributed by atoms with van der Waals surface area (Å²) in [5.74, 6) is -2.64. The summed E-state index contributed by atoms with van der Waals surface area (Å²) in [5.41, 5.74) is 0. The minimum atomic E-state index is -3.88. The van der Waals surface area contributed by atoms with E-state index in [-0.39, 0.29) is 0 Å². The SMILES string of the molecule is CC(=O)CS(=O)(=O)CC(F)F. The molecule has 0 aliphatic rings. The maximum atomic E-state index is 11.5. The fraction of sp³-hybridized carbons (Fsp3) is 0.800. The highest BCUT2D eigenvalue weighted by molar-refractivity contribution is 7.92. The number of halogens is 2. The Bertz CT molecular complexity index is 232. The van der Waals surface area contributed by atoms with Crippen molar-refractivity contribution in [2.45, 2.75) is 13.3 Å². The smallest absolute Gasteiger partial charge is 0.252 e. The molecule has 0 aromatic rings. The van der Waals surface area contributed by atoms with E-state index in [2.05, 4.69) is 0 Å². The standard InChI is InChI=1S/C5H8F2O3S/c1-4(8)2-11(9,10)3-5(6)7/h5H,2-3H2,1H3. The van der Waals surface area contributed by atoms with Crippen LogP contribution in [0.1, 0.15) is 6.92 Å². The topological polar surface area (TPSA) is 51.2 Å². The number of carbonyl (C=O) groups excluding carboxylic acids is 1. The van der Waals surface area contributed by atoms with E-state index in [4.69, 9.17) is 0 Å². The van der Waals surface area contributed by atoms with Crippen LogP contribution in [0, 0.1) is 0 Å². The lowest BCUT2D eigenvalue weighted by Crippen LogP contribution is -2.20. The summed E-state index contributed by atoms with van der Waals surface area (Å²) in [4.78, 5) is 10.2. The van der Waals surface area contributed by atoms with Gasteiger partial charge < -0.3 is 0 Å². The van der Waals surface area contributed by atoms with E-state index >= 15 is 0 Å². The van der Waals surface area contributed by atoms with Crippen molar-refractivity contribution in [3.63, 3.8) is 0 Å². The molecule has 0 aromatic carbocycles. The Labute approximate surface area is 63.3 Å². The Hall–Kier alpha value is -0.520. The summed E-state index contributed by atoms with van der Waals surface area (Å²) < 4.78 is 44.1. The fourth-order valence-corrected chi connectivity index (χ4v) is 1.68. The third-order valence-electron chi connectivity index (χ3n) is 0.803. The van der Waals surface area contributed by atoms with E-state index in [0.29, 0.717) is 0 Å². The zero-order chi connectivity index (χ0) is 9.07. The molecule has 0 aliphatic carbocycles. The highest BCUT2D eigenvalue weighted by Gasteiger charge is 2.19. The van der Waals surface area contributed by atoms with Crippen LogP contribution in [0.5, 0.6) is 0 Å². The lowest BCUT2D eigenvalue weighted by atomic mass is 10.5. The lowest BCUT2D eigenvalue weighted by molar-refractivity contribution is -0.114. The molecule has 0 unspecified atom stereocenters. The molecule has 0 amide bonds. The van der Waals surface area contributed by atoms with Crippen molar-refractivity contribution in [1.82, 2.24) is 0 Å². The van der Waals surface area contributed by atoms with Gasteiger partial charge in [0.15, 0.2) is 9.84 Å². The van der Waals surface area contributed by atoms with E-state index in [9.17, 15) is 22.0 Å². The molecule has 0 radical (unpaired) electrons. The summed E-state index contributed by atoms with van der Waals surface area (Å²) in [6, 6.07) is 0. The first kappa shape index (κ1) is 10.5. The number of rotatable bonds is 4. The Morgan fingerprint density at radius 2 is 1.91 bits per heavy atom. The summed E-state index contributed by atoms with van der Waals surface area (Å²) in [6.07, 6.45) is -2.90. The van der Waals surface area contributed by atoms with Crippen LogP contribution >= 0.6 is 0 Å². The second-order valence-electron chi connectivity index (χ2n) is 2.15. The number of hydrogen-bond acceptors (Lipinski definition) is 3. The molecule has 3 nitrogen and oxygen atoms in total. The van der Waals surface area contributed by atoms with Crippen LogP contribution in [-0.2, 0) is 14.6 Å². The summed E-state index contributed by atoms with van der Waals surface area (Å²) in [6.45, 7) is 1.04. The van der Waals surface area contributed by atoms with Crippen molar-refractivity contribution < 1.29 is 22.0 Å². The van der Waals surface area contributed by atoms with Gasteiger partial charge in [0.2, 0.25) is 0 Å². The molecule has 0 spiro atoms. The molecule has 11 heavy (non-hydrogen) atoms. The normalized spacial score (nSPS) is 12.0. The molecule has 0 aliphatic heterocycles. The molecule has 0 atom stereocenters. The zero-order valence-electron chi connectivity index (χ0n) is 5.88. The molecule has 0 bridgehead atoms. The molecule has 0 saturated heterocycles. The number of Topliss-reactive ketones (excluding diaryl/α,β-unsaturated/α-hetero) is 1. The van der Waals surface area contributed by atoms with Gasteiger partial charge in [0.25, 0.3) is 6.43 Å². The van der Waals surface area contributed by atoms with Crippen molar-refractivity contribution in [3.05, 3.63) is 0 Å². The third-order valence-corrected chi connectivity index (χ3v) is 2.41. The largest absolute Gasteiger partial charge is 0.299 e. The first-order valence-electron chi connectivity index (χ1n) is 2.81. The average molecular weight is 186 g/mol. The number of alkyl halides is 2. The van der Waals surface area contributed by atoms with Crippen LogP contribution in [0.25, 0.3) is 0 Å². The van der Waals surface area contributed by atoms with E-state index < -0.39 is 33.6 Å². The quantitative estimate of drug-likeness (QED) is 0.632. The Balaban J connectivity index is 4.14. The predicted octanol–water partition coefficient (Wildman–Crippen LogP) is 0.255. The van der Waals surface area contributed by atoms with Crippen LogP contribution < -0.4 is 0 Å². The average Bonchev–Trinajstić information content (AvgIpc) is 1.53. The highest BCUT2D eigenvalue weighted by atomic mass is 32.2. The predicted molar refractivity (Wildman–Crippen MR) is 35.3 cm³/mol. The number of ketones is 1. The maximum Gasteiger partial charge on any atom is 0.252 e. The molecule has 0 N–H and O–H groups in total. The minimum Gasteiger partial charge on any atom is -0.299 e. The van der Waals surface area contributed by atoms with E-state index in [1.54, 1.807) is 0 Å². The van der Waals surface area contributed by atoms with Gasteiger partial charge in [0, 0.05) is 0 Å². The molecular formula is C5H8F2O3S. The van der Waals surface area contributed by atoms with Gasteiger partial charge in [-0.1, -0.05) is 0 Å². The third kappa shape index (κ3) is 5.90. The molecule has 0 heterocycles. The van der Waals surface area contributed by atoms with Gasteiger partial charge in [-0.2, -0.15) is 0 Å². The first-order chi connectivity index (χ1) is 4.83. The van der Waals surface area contributed by atoms with Gasteiger partial charge in [-0.25, -0.2) is 17.2 Å².